The number of aromatic nitrogens is 1. The van der Waals surface area contributed by atoms with Gasteiger partial charge in [0.25, 0.3) is 5.56 Å². The molecule has 0 aliphatic heterocycles. The first-order valence-electron chi connectivity index (χ1n) is 7.86. The van der Waals surface area contributed by atoms with Gasteiger partial charge < -0.3 is 14.8 Å². The van der Waals surface area contributed by atoms with Crippen molar-refractivity contribution in [1.82, 2.24) is 4.57 Å². The molecule has 8 heteroatoms. The average Bonchev–Trinajstić information content (AvgIpc) is 2.53. The fourth-order valence-electron chi connectivity index (χ4n) is 3.48. The van der Waals surface area contributed by atoms with Gasteiger partial charge in [-0.3, -0.25) is 9.59 Å². The summed E-state index contributed by atoms with van der Waals surface area (Å²) in [5, 5.41) is 18.6. The van der Waals surface area contributed by atoms with Crippen LogP contribution in [0.4, 0.5) is 13.2 Å². The van der Waals surface area contributed by atoms with Crippen molar-refractivity contribution in [3.05, 3.63) is 40.3 Å². The number of fused-ring (bicyclic) bond motifs is 1. The summed E-state index contributed by atoms with van der Waals surface area (Å²) in [4.78, 5) is 23.7. The van der Waals surface area contributed by atoms with E-state index in [-0.39, 0.29) is 42.2 Å². The summed E-state index contributed by atoms with van der Waals surface area (Å²) < 4.78 is 41.2. The van der Waals surface area contributed by atoms with Crippen molar-refractivity contribution in [3.63, 3.8) is 0 Å². The number of benzene rings is 1. The molecule has 0 unspecified atom stereocenters. The van der Waals surface area contributed by atoms with Crippen molar-refractivity contribution in [3.8, 4) is 5.75 Å². The number of hydrogen-bond acceptors (Lipinski definition) is 3. The van der Waals surface area contributed by atoms with Gasteiger partial charge in [-0.1, -0.05) is 0 Å². The van der Waals surface area contributed by atoms with E-state index < -0.39 is 35.4 Å². The van der Waals surface area contributed by atoms with Gasteiger partial charge in [-0.05, 0) is 55.3 Å². The molecule has 0 bridgehead atoms. The molecule has 0 amide bonds. The average molecular weight is 355 g/mol. The minimum atomic E-state index is -4.73. The topological polar surface area (TPSA) is 79.5 Å². The highest BCUT2D eigenvalue weighted by molar-refractivity contribution is 5.83. The standard InChI is InChI=1S/C17H16F3NO4/c18-17(19,20)14-8-10-7-12(22)5-6-13(10)15(23)21(14)11-3-1-9(2-4-11)16(24)25/h5-9,11,22H,1-4H2,(H,24,25)/t9-,11-. The number of carboxylic acids is 1. The molecule has 1 heterocycles. The third kappa shape index (κ3) is 3.20. The van der Waals surface area contributed by atoms with E-state index in [0.717, 1.165) is 16.7 Å². The Balaban J connectivity index is 2.13. The maximum atomic E-state index is 13.5. The number of rotatable bonds is 2. The summed E-state index contributed by atoms with van der Waals surface area (Å²) in [5.41, 5.74) is -1.85. The first-order valence-corrected chi connectivity index (χ1v) is 7.86. The van der Waals surface area contributed by atoms with E-state index in [1.807, 2.05) is 0 Å². The van der Waals surface area contributed by atoms with E-state index in [1.165, 1.54) is 12.1 Å². The van der Waals surface area contributed by atoms with Crippen molar-refractivity contribution in [2.24, 2.45) is 5.92 Å². The zero-order valence-electron chi connectivity index (χ0n) is 13.1. The van der Waals surface area contributed by atoms with Gasteiger partial charge in [0.2, 0.25) is 0 Å². The summed E-state index contributed by atoms with van der Waals surface area (Å²) in [6.07, 6.45) is -3.87. The predicted molar refractivity (Wildman–Crippen MR) is 83.5 cm³/mol. The second kappa shape index (κ2) is 6.09. The maximum absolute atomic E-state index is 13.5. The number of pyridine rings is 1. The Morgan fingerprint density at radius 1 is 1.12 bits per heavy atom. The van der Waals surface area contributed by atoms with E-state index in [2.05, 4.69) is 0 Å². The molecular formula is C17H16F3NO4. The van der Waals surface area contributed by atoms with Crippen molar-refractivity contribution < 1.29 is 28.2 Å². The SMILES string of the molecule is O=c1c2ccc(O)cc2cc(C(F)(F)F)n1[C@H]1CC[C@H](C(=O)O)CC1. The highest BCUT2D eigenvalue weighted by Gasteiger charge is 2.38. The van der Waals surface area contributed by atoms with Crippen LogP contribution in [0.3, 0.4) is 0 Å². The van der Waals surface area contributed by atoms with E-state index in [1.54, 1.807) is 0 Å². The second-order valence-electron chi connectivity index (χ2n) is 6.32. The highest BCUT2D eigenvalue weighted by atomic mass is 19.4. The lowest BCUT2D eigenvalue weighted by Crippen LogP contribution is -2.34. The Hall–Kier alpha value is -2.51. The number of carbonyl (C=O) groups is 1. The quantitative estimate of drug-likeness (QED) is 0.864. The molecule has 0 spiro atoms. The number of hydrogen-bond donors (Lipinski definition) is 2. The number of halogens is 3. The largest absolute Gasteiger partial charge is 0.508 e. The molecule has 2 N–H and O–H groups in total. The van der Waals surface area contributed by atoms with Gasteiger partial charge in [0.1, 0.15) is 11.4 Å². The van der Waals surface area contributed by atoms with Gasteiger partial charge in [0.15, 0.2) is 0 Å². The first-order chi connectivity index (χ1) is 11.7. The second-order valence-corrected chi connectivity index (χ2v) is 6.32. The smallest absolute Gasteiger partial charge is 0.431 e. The van der Waals surface area contributed by atoms with Crippen LogP contribution in [0, 0.1) is 5.92 Å². The number of carboxylic acid groups (broad SMARTS) is 1. The Labute approximate surface area is 140 Å². The van der Waals surface area contributed by atoms with Crippen molar-refractivity contribution in [2.75, 3.05) is 0 Å². The first kappa shape index (κ1) is 17.3. The normalized spacial score (nSPS) is 21.4. The zero-order valence-corrected chi connectivity index (χ0v) is 13.1. The monoisotopic (exact) mass is 355 g/mol. The molecule has 1 saturated carbocycles. The number of nitrogens with zero attached hydrogens (tertiary/aromatic N) is 1. The van der Waals surface area contributed by atoms with Crippen LogP contribution in [0.2, 0.25) is 0 Å². The molecule has 1 aliphatic carbocycles. The van der Waals surface area contributed by atoms with Gasteiger partial charge in [0.05, 0.1) is 5.92 Å². The number of alkyl halides is 3. The molecule has 3 rings (SSSR count). The maximum Gasteiger partial charge on any atom is 0.431 e. The van der Waals surface area contributed by atoms with Crippen LogP contribution in [0.25, 0.3) is 10.8 Å². The molecule has 1 aromatic heterocycles. The van der Waals surface area contributed by atoms with Crippen molar-refractivity contribution >= 4 is 16.7 Å². The fourth-order valence-corrected chi connectivity index (χ4v) is 3.48. The lowest BCUT2D eigenvalue weighted by atomic mass is 9.85. The summed E-state index contributed by atoms with van der Waals surface area (Å²) in [7, 11) is 0. The van der Waals surface area contributed by atoms with Gasteiger partial charge >= 0.3 is 12.1 Å². The van der Waals surface area contributed by atoms with Gasteiger partial charge in [0, 0.05) is 11.4 Å². The minimum Gasteiger partial charge on any atom is -0.508 e. The van der Waals surface area contributed by atoms with Crippen LogP contribution in [-0.2, 0) is 11.0 Å². The zero-order chi connectivity index (χ0) is 18.4. The molecule has 5 nitrogen and oxygen atoms in total. The molecule has 0 atom stereocenters. The Morgan fingerprint density at radius 3 is 2.32 bits per heavy atom. The fraction of sp³-hybridized carbons (Fsp3) is 0.412. The van der Waals surface area contributed by atoms with Crippen molar-refractivity contribution in [1.29, 1.82) is 0 Å². The Bertz CT molecular complexity index is 880. The third-order valence-corrected chi connectivity index (χ3v) is 4.74. The summed E-state index contributed by atoms with van der Waals surface area (Å²) in [6.45, 7) is 0. The van der Waals surface area contributed by atoms with Crippen LogP contribution >= 0.6 is 0 Å². The van der Waals surface area contributed by atoms with Crippen LogP contribution < -0.4 is 5.56 Å². The van der Waals surface area contributed by atoms with Gasteiger partial charge in [-0.2, -0.15) is 13.2 Å². The molecule has 2 aromatic rings. The predicted octanol–water partition coefficient (Wildman–Crippen LogP) is 3.54. The van der Waals surface area contributed by atoms with E-state index in [0.29, 0.717) is 0 Å². The minimum absolute atomic E-state index is 0.0211. The lowest BCUT2D eigenvalue weighted by molar-refractivity contribution is -0.147. The van der Waals surface area contributed by atoms with E-state index in [4.69, 9.17) is 5.11 Å². The van der Waals surface area contributed by atoms with E-state index >= 15 is 0 Å². The summed E-state index contributed by atoms with van der Waals surface area (Å²) in [6, 6.07) is 3.84. The number of phenolic OH excluding ortho intramolecular Hbond substituents is 1. The lowest BCUT2D eigenvalue weighted by Gasteiger charge is -2.30. The van der Waals surface area contributed by atoms with Crippen LogP contribution in [0.1, 0.15) is 37.4 Å². The van der Waals surface area contributed by atoms with Crippen LogP contribution in [0.15, 0.2) is 29.1 Å². The highest BCUT2D eigenvalue weighted by Crippen LogP contribution is 2.37. The van der Waals surface area contributed by atoms with Crippen LogP contribution in [0.5, 0.6) is 5.75 Å². The third-order valence-electron chi connectivity index (χ3n) is 4.74. The summed E-state index contributed by atoms with van der Waals surface area (Å²) >= 11 is 0. The molecular weight excluding hydrogens is 339 g/mol. The molecule has 25 heavy (non-hydrogen) atoms. The summed E-state index contributed by atoms with van der Waals surface area (Å²) in [5.74, 6) is -1.77. The van der Waals surface area contributed by atoms with Crippen molar-refractivity contribution in [2.45, 2.75) is 37.9 Å². The van der Waals surface area contributed by atoms with Gasteiger partial charge in [-0.15, -0.1) is 0 Å². The molecule has 1 aromatic carbocycles. The Kier molecular flexibility index (Phi) is 4.22. The van der Waals surface area contributed by atoms with Crippen LogP contribution in [-0.4, -0.2) is 20.7 Å². The van der Waals surface area contributed by atoms with Gasteiger partial charge in [-0.25, -0.2) is 0 Å². The molecule has 0 radical (unpaired) electrons. The molecule has 1 fully saturated rings. The number of phenols is 1. The Morgan fingerprint density at radius 2 is 1.76 bits per heavy atom. The molecule has 0 saturated heterocycles. The molecule has 134 valence electrons. The number of aliphatic carboxylic acids is 1. The number of aromatic hydroxyl groups is 1. The molecule has 1 aliphatic rings. The van der Waals surface area contributed by atoms with E-state index in [9.17, 15) is 27.9 Å².